The van der Waals surface area contributed by atoms with E-state index in [1.807, 2.05) is 6.92 Å². The van der Waals surface area contributed by atoms with Crippen molar-refractivity contribution < 1.29 is 14.3 Å². The number of rotatable bonds is 4. The number of hydrogen-bond acceptors (Lipinski definition) is 3. The van der Waals surface area contributed by atoms with E-state index < -0.39 is 5.97 Å². The van der Waals surface area contributed by atoms with E-state index in [0.717, 1.165) is 6.42 Å². The quantitative estimate of drug-likeness (QED) is 0.744. The Morgan fingerprint density at radius 1 is 1.47 bits per heavy atom. The predicted molar refractivity (Wildman–Crippen MR) is 58.6 cm³/mol. The zero-order valence-electron chi connectivity index (χ0n) is 8.75. The number of esters is 1. The summed E-state index contributed by atoms with van der Waals surface area (Å²) in [5, 5.41) is 0.485. The van der Waals surface area contributed by atoms with E-state index >= 15 is 0 Å². The van der Waals surface area contributed by atoms with Crippen molar-refractivity contribution in [2.24, 2.45) is 0 Å². The number of hydrogen-bond donors (Lipinski definition) is 0. The lowest BCUT2D eigenvalue weighted by Gasteiger charge is -2.09. The van der Waals surface area contributed by atoms with Crippen molar-refractivity contribution in [2.75, 3.05) is 13.7 Å². The summed E-state index contributed by atoms with van der Waals surface area (Å²) in [5.74, 6) is 0.0664. The smallest absolute Gasteiger partial charge is 0.341 e. The molecule has 0 fully saturated rings. The van der Waals surface area contributed by atoms with Gasteiger partial charge in [0.05, 0.1) is 13.7 Å². The molecule has 3 nitrogen and oxygen atoms in total. The molecule has 0 bridgehead atoms. The third-order valence-corrected chi connectivity index (χ3v) is 2.04. The van der Waals surface area contributed by atoms with Crippen LogP contribution in [0.1, 0.15) is 23.7 Å². The third-order valence-electron chi connectivity index (χ3n) is 1.81. The van der Waals surface area contributed by atoms with Gasteiger partial charge in [0.25, 0.3) is 0 Å². The zero-order valence-corrected chi connectivity index (χ0v) is 9.50. The molecule has 0 amide bonds. The molecule has 0 saturated carbocycles. The van der Waals surface area contributed by atoms with Gasteiger partial charge in [-0.15, -0.1) is 0 Å². The van der Waals surface area contributed by atoms with E-state index in [1.54, 1.807) is 18.2 Å². The summed E-state index contributed by atoms with van der Waals surface area (Å²) < 4.78 is 10.0. The highest BCUT2D eigenvalue weighted by Gasteiger charge is 2.13. The predicted octanol–water partition coefficient (Wildman–Crippen LogP) is 2.92. The summed E-state index contributed by atoms with van der Waals surface area (Å²) in [7, 11) is 1.33. The first-order valence-corrected chi connectivity index (χ1v) is 5.07. The molecule has 82 valence electrons. The van der Waals surface area contributed by atoms with Crippen LogP contribution in [-0.2, 0) is 4.74 Å². The first-order valence-electron chi connectivity index (χ1n) is 4.69. The van der Waals surface area contributed by atoms with Gasteiger partial charge in [-0.25, -0.2) is 4.79 Å². The minimum atomic E-state index is -0.441. The Morgan fingerprint density at radius 2 is 2.20 bits per heavy atom. The van der Waals surface area contributed by atoms with Crippen LogP contribution in [-0.4, -0.2) is 19.7 Å². The molecule has 0 aromatic heterocycles. The molecule has 0 spiro atoms. The first-order chi connectivity index (χ1) is 7.19. The van der Waals surface area contributed by atoms with Crippen molar-refractivity contribution in [1.82, 2.24) is 0 Å². The fourth-order valence-electron chi connectivity index (χ4n) is 1.11. The lowest BCUT2D eigenvalue weighted by atomic mass is 10.2. The molecule has 1 aromatic rings. The number of halogens is 1. The van der Waals surface area contributed by atoms with Crippen molar-refractivity contribution in [1.29, 1.82) is 0 Å². The summed E-state index contributed by atoms with van der Waals surface area (Å²) in [6, 6.07) is 4.89. The third kappa shape index (κ3) is 3.13. The summed E-state index contributed by atoms with van der Waals surface area (Å²) in [6.45, 7) is 2.55. The molecule has 1 rings (SSSR count). The molecule has 15 heavy (non-hydrogen) atoms. The van der Waals surface area contributed by atoms with E-state index in [0.29, 0.717) is 22.9 Å². The maximum Gasteiger partial charge on any atom is 0.341 e. The van der Waals surface area contributed by atoms with Gasteiger partial charge < -0.3 is 9.47 Å². The Labute approximate surface area is 93.9 Å². The molecule has 0 aliphatic rings. The van der Waals surface area contributed by atoms with E-state index in [-0.39, 0.29) is 0 Å². The van der Waals surface area contributed by atoms with Gasteiger partial charge in [-0.3, -0.25) is 0 Å². The van der Waals surface area contributed by atoms with E-state index in [9.17, 15) is 4.79 Å². The lowest BCUT2D eigenvalue weighted by Crippen LogP contribution is -2.06. The molecule has 0 N–H and O–H groups in total. The molecule has 0 radical (unpaired) electrons. The second kappa shape index (κ2) is 5.61. The highest BCUT2D eigenvalue weighted by Crippen LogP contribution is 2.23. The van der Waals surface area contributed by atoms with Crippen LogP contribution in [0.3, 0.4) is 0 Å². The van der Waals surface area contributed by atoms with Crippen molar-refractivity contribution in [3.8, 4) is 5.75 Å². The molecule has 0 aliphatic carbocycles. The summed E-state index contributed by atoms with van der Waals surface area (Å²) in [5.41, 5.74) is 0.360. The Hall–Kier alpha value is -1.22. The van der Waals surface area contributed by atoms with Gasteiger partial charge in [0, 0.05) is 5.02 Å². The maximum absolute atomic E-state index is 11.4. The molecule has 1 aromatic carbocycles. The van der Waals surface area contributed by atoms with Gasteiger partial charge >= 0.3 is 5.97 Å². The topological polar surface area (TPSA) is 35.5 Å². The normalized spacial score (nSPS) is 9.80. The molecule has 0 atom stereocenters. The molecular formula is C11H13ClO3. The zero-order chi connectivity index (χ0) is 11.3. The average molecular weight is 229 g/mol. The van der Waals surface area contributed by atoms with Gasteiger partial charge in [0.1, 0.15) is 11.3 Å². The maximum atomic E-state index is 11.4. The van der Waals surface area contributed by atoms with Gasteiger partial charge in [0.15, 0.2) is 0 Å². The first kappa shape index (κ1) is 11.9. The van der Waals surface area contributed by atoms with Crippen LogP contribution < -0.4 is 4.74 Å². The Balaban J connectivity index is 2.97. The van der Waals surface area contributed by atoms with Crippen molar-refractivity contribution in [3.05, 3.63) is 28.8 Å². The standard InChI is InChI=1S/C11H13ClO3/c1-3-6-15-10-5-4-8(12)7-9(10)11(13)14-2/h4-5,7H,3,6H2,1-2H3. The van der Waals surface area contributed by atoms with Gasteiger partial charge in [-0.05, 0) is 24.6 Å². The number of ether oxygens (including phenoxy) is 2. The number of carbonyl (C=O) groups is 1. The highest BCUT2D eigenvalue weighted by molar-refractivity contribution is 6.31. The molecule has 4 heteroatoms. The molecule has 0 aliphatic heterocycles. The Morgan fingerprint density at radius 3 is 2.80 bits per heavy atom. The van der Waals surface area contributed by atoms with Crippen LogP contribution in [0.2, 0.25) is 5.02 Å². The lowest BCUT2D eigenvalue weighted by molar-refractivity contribution is 0.0596. The van der Waals surface area contributed by atoms with Crippen LogP contribution in [0.5, 0.6) is 5.75 Å². The van der Waals surface area contributed by atoms with Crippen molar-refractivity contribution in [2.45, 2.75) is 13.3 Å². The van der Waals surface area contributed by atoms with Crippen LogP contribution in [0.4, 0.5) is 0 Å². The largest absolute Gasteiger partial charge is 0.493 e. The fraction of sp³-hybridized carbons (Fsp3) is 0.364. The van der Waals surface area contributed by atoms with Crippen LogP contribution in [0.15, 0.2) is 18.2 Å². The Kier molecular flexibility index (Phi) is 4.43. The van der Waals surface area contributed by atoms with Gasteiger partial charge in [0.2, 0.25) is 0 Å². The monoisotopic (exact) mass is 228 g/mol. The van der Waals surface area contributed by atoms with Crippen molar-refractivity contribution in [3.63, 3.8) is 0 Å². The Bertz CT molecular complexity index is 350. The number of benzene rings is 1. The van der Waals surface area contributed by atoms with Gasteiger partial charge in [-0.1, -0.05) is 18.5 Å². The van der Waals surface area contributed by atoms with E-state index in [2.05, 4.69) is 4.74 Å². The average Bonchev–Trinajstić information content (AvgIpc) is 2.26. The number of methoxy groups -OCH3 is 1. The molecule has 0 unspecified atom stereocenters. The van der Waals surface area contributed by atoms with Crippen LogP contribution in [0, 0.1) is 0 Å². The SMILES string of the molecule is CCCOc1ccc(Cl)cc1C(=O)OC. The van der Waals surface area contributed by atoms with Crippen molar-refractivity contribution >= 4 is 17.6 Å². The minimum Gasteiger partial charge on any atom is -0.493 e. The second-order valence-electron chi connectivity index (χ2n) is 2.98. The van der Waals surface area contributed by atoms with E-state index in [4.69, 9.17) is 16.3 Å². The molecule has 0 heterocycles. The summed E-state index contributed by atoms with van der Waals surface area (Å²) >= 11 is 5.79. The highest BCUT2D eigenvalue weighted by atomic mass is 35.5. The van der Waals surface area contributed by atoms with E-state index in [1.165, 1.54) is 7.11 Å². The number of carbonyl (C=O) groups excluding carboxylic acids is 1. The second-order valence-corrected chi connectivity index (χ2v) is 3.42. The van der Waals surface area contributed by atoms with Crippen LogP contribution >= 0.6 is 11.6 Å². The summed E-state index contributed by atoms with van der Waals surface area (Å²) in [6.07, 6.45) is 0.878. The minimum absolute atomic E-state index is 0.360. The fourth-order valence-corrected chi connectivity index (χ4v) is 1.28. The van der Waals surface area contributed by atoms with Crippen LogP contribution in [0.25, 0.3) is 0 Å². The molecular weight excluding hydrogens is 216 g/mol. The summed E-state index contributed by atoms with van der Waals surface area (Å²) in [4.78, 5) is 11.4. The van der Waals surface area contributed by atoms with Gasteiger partial charge in [-0.2, -0.15) is 0 Å². The molecule has 0 saturated heterocycles.